The quantitative estimate of drug-likeness (QED) is 0.638. The topological polar surface area (TPSA) is 62.0 Å². The van der Waals surface area contributed by atoms with Gasteiger partial charge in [0.05, 0.1) is 5.71 Å². The zero-order valence-corrected chi connectivity index (χ0v) is 11.9. The Bertz CT molecular complexity index is 552. The number of allylic oxidation sites excluding steroid dienone is 1. The number of dihydropyridines is 1. The van der Waals surface area contributed by atoms with Crippen LogP contribution in [-0.2, 0) is 4.79 Å². The number of hydrogen-bond acceptors (Lipinski definition) is 3. The molecule has 2 heterocycles. The first kappa shape index (κ1) is 16.6. The summed E-state index contributed by atoms with van der Waals surface area (Å²) in [6.07, 6.45) is -4.86. The van der Waals surface area contributed by atoms with Gasteiger partial charge >= 0.3 is 12.1 Å². The molecule has 8 heteroatoms. The molecule has 0 saturated carbocycles. The molecule has 1 N–H and O–H groups in total. The summed E-state index contributed by atoms with van der Waals surface area (Å²) in [7, 11) is 0. The van der Waals surface area contributed by atoms with Crippen molar-refractivity contribution in [2.75, 3.05) is 0 Å². The van der Waals surface area contributed by atoms with Crippen molar-refractivity contribution in [3.05, 3.63) is 11.6 Å². The van der Waals surface area contributed by atoms with E-state index in [2.05, 4.69) is 9.98 Å². The Morgan fingerprint density at radius 2 is 2.09 bits per heavy atom. The molecule has 0 aromatic heterocycles. The number of hydrogen-bond donors (Lipinski definition) is 1. The first-order valence-electron chi connectivity index (χ1n) is 7.03. The molecule has 3 unspecified atom stereocenters. The number of unbranched alkanes of at least 4 members (excludes halogenated alkanes) is 1. The molecule has 0 fully saturated rings. The SMILES string of the molecule is CCCCC1=NC2N=C(C(F)(F)F)C(C(=O)O)CC2=CC1F. The molecule has 2 rings (SSSR count). The molecule has 2 aliphatic heterocycles. The molecule has 22 heavy (non-hydrogen) atoms. The maximum Gasteiger partial charge on any atom is 0.430 e. The van der Waals surface area contributed by atoms with Gasteiger partial charge in [-0.25, -0.2) is 4.39 Å². The normalized spacial score (nSPS) is 28.4. The Morgan fingerprint density at radius 3 is 2.64 bits per heavy atom. The molecular weight excluding hydrogens is 304 g/mol. The van der Waals surface area contributed by atoms with Crippen LogP contribution in [0.1, 0.15) is 32.6 Å². The Hall–Kier alpha value is -1.73. The standard InChI is InChI=1S/C14H16F4N2O2/c1-2-3-4-10-9(15)6-7-5-8(13(21)22)11(14(16,17)18)20-12(7)19-10/h6,8-9,12H,2-5H2,1H3,(H,21,22). The number of carboxylic acid groups (broad SMARTS) is 1. The lowest BCUT2D eigenvalue weighted by molar-refractivity contribution is -0.141. The molecule has 122 valence electrons. The van der Waals surface area contributed by atoms with Crippen molar-refractivity contribution < 1.29 is 27.5 Å². The fraction of sp³-hybridized carbons (Fsp3) is 0.643. The molecule has 4 nitrogen and oxygen atoms in total. The van der Waals surface area contributed by atoms with E-state index in [1.54, 1.807) is 0 Å². The summed E-state index contributed by atoms with van der Waals surface area (Å²) in [6.45, 7) is 1.91. The number of carbonyl (C=O) groups is 1. The molecule has 0 bridgehead atoms. The van der Waals surface area contributed by atoms with Crippen molar-refractivity contribution in [3.63, 3.8) is 0 Å². The minimum atomic E-state index is -4.83. The van der Waals surface area contributed by atoms with Crippen molar-refractivity contribution in [1.82, 2.24) is 0 Å². The predicted molar refractivity (Wildman–Crippen MR) is 73.0 cm³/mol. The number of fused-ring (bicyclic) bond motifs is 1. The Labute approximate surface area is 124 Å². The van der Waals surface area contributed by atoms with E-state index in [9.17, 15) is 22.4 Å². The van der Waals surface area contributed by atoms with E-state index in [0.29, 0.717) is 12.8 Å². The van der Waals surface area contributed by atoms with Gasteiger partial charge in [0.25, 0.3) is 0 Å². The maximum atomic E-state index is 14.0. The molecule has 0 aromatic carbocycles. The van der Waals surface area contributed by atoms with Crippen LogP contribution in [0.25, 0.3) is 0 Å². The van der Waals surface area contributed by atoms with E-state index >= 15 is 0 Å². The molecular formula is C14H16F4N2O2. The zero-order valence-electron chi connectivity index (χ0n) is 11.9. The van der Waals surface area contributed by atoms with Crippen molar-refractivity contribution in [1.29, 1.82) is 0 Å². The summed E-state index contributed by atoms with van der Waals surface area (Å²) in [4.78, 5) is 18.5. The molecule has 0 amide bonds. The van der Waals surface area contributed by atoms with Gasteiger partial charge in [0.1, 0.15) is 11.6 Å². The summed E-state index contributed by atoms with van der Waals surface area (Å²) in [5, 5.41) is 8.96. The largest absolute Gasteiger partial charge is 0.481 e. The van der Waals surface area contributed by atoms with Crippen LogP contribution in [0.5, 0.6) is 0 Å². The summed E-state index contributed by atoms with van der Waals surface area (Å²) in [5.41, 5.74) is -0.971. The number of aliphatic carboxylic acids is 1. The monoisotopic (exact) mass is 320 g/mol. The average Bonchev–Trinajstić information content (AvgIpc) is 2.42. The Morgan fingerprint density at radius 1 is 1.41 bits per heavy atom. The van der Waals surface area contributed by atoms with Crippen molar-refractivity contribution in [2.45, 2.75) is 51.1 Å². The third kappa shape index (κ3) is 3.36. The van der Waals surface area contributed by atoms with Crippen LogP contribution >= 0.6 is 0 Å². The highest BCUT2D eigenvalue weighted by Crippen LogP contribution is 2.36. The highest BCUT2D eigenvalue weighted by molar-refractivity contribution is 6.06. The molecule has 0 aliphatic carbocycles. The summed E-state index contributed by atoms with van der Waals surface area (Å²) < 4.78 is 52.8. The molecule has 0 saturated heterocycles. The second-order valence-electron chi connectivity index (χ2n) is 5.35. The van der Waals surface area contributed by atoms with Crippen LogP contribution < -0.4 is 0 Å². The van der Waals surface area contributed by atoms with Gasteiger partial charge in [-0.15, -0.1) is 0 Å². The number of aliphatic imine (C=N–C) groups is 2. The van der Waals surface area contributed by atoms with Gasteiger partial charge in [0.15, 0.2) is 12.3 Å². The summed E-state index contributed by atoms with van der Waals surface area (Å²) >= 11 is 0. The van der Waals surface area contributed by atoms with E-state index in [0.717, 1.165) is 12.5 Å². The number of alkyl halides is 4. The first-order valence-corrected chi connectivity index (χ1v) is 7.03. The Kier molecular flexibility index (Phi) is 4.67. The highest BCUT2D eigenvalue weighted by atomic mass is 19.4. The van der Waals surface area contributed by atoms with Crippen molar-refractivity contribution in [3.8, 4) is 0 Å². The van der Waals surface area contributed by atoms with Gasteiger partial charge in [-0.1, -0.05) is 13.3 Å². The smallest absolute Gasteiger partial charge is 0.430 e. The van der Waals surface area contributed by atoms with E-state index in [1.165, 1.54) is 0 Å². The lowest BCUT2D eigenvalue weighted by Crippen LogP contribution is -2.41. The van der Waals surface area contributed by atoms with Gasteiger partial charge in [0, 0.05) is 0 Å². The molecule has 0 spiro atoms. The second kappa shape index (κ2) is 6.18. The minimum Gasteiger partial charge on any atom is -0.481 e. The Balaban J connectivity index is 2.36. The van der Waals surface area contributed by atoms with Gasteiger partial charge in [0.2, 0.25) is 0 Å². The minimum absolute atomic E-state index is 0.176. The zero-order chi connectivity index (χ0) is 16.5. The number of nitrogens with zero attached hydrogens (tertiary/aromatic N) is 2. The fourth-order valence-corrected chi connectivity index (χ4v) is 2.56. The van der Waals surface area contributed by atoms with Gasteiger partial charge in [-0.3, -0.25) is 14.8 Å². The van der Waals surface area contributed by atoms with Crippen molar-refractivity contribution >= 4 is 17.4 Å². The van der Waals surface area contributed by atoms with E-state index < -0.39 is 42.5 Å². The van der Waals surface area contributed by atoms with Crippen molar-refractivity contribution in [2.24, 2.45) is 15.9 Å². The summed E-state index contributed by atoms with van der Waals surface area (Å²) in [5.74, 6) is -3.42. The third-order valence-corrected chi connectivity index (χ3v) is 3.70. The lowest BCUT2D eigenvalue weighted by Gasteiger charge is -2.30. The molecule has 0 radical (unpaired) electrons. The van der Waals surface area contributed by atoms with E-state index in [4.69, 9.17) is 5.11 Å². The first-order chi connectivity index (χ1) is 10.2. The van der Waals surface area contributed by atoms with Gasteiger partial charge in [-0.2, -0.15) is 13.2 Å². The lowest BCUT2D eigenvalue weighted by atomic mass is 9.87. The number of carboxylic acids is 1. The molecule has 3 atom stereocenters. The van der Waals surface area contributed by atoms with Crippen LogP contribution in [0.4, 0.5) is 17.6 Å². The fourth-order valence-electron chi connectivity index (χ4n) is 2.56. The highest BCUT2D eigenvalue weighted by Gasteiger charge is 2.48. The number of halogens is 4. The van der Waals surface area contributed by atoms with Crippen LogP contribution in [0.3, 0.4) is 0 Å². The van der Waals surface area contributed by atoms with Gasteiger partial charge < -0.3 is 5.11 Å². The maximum absolute atomic E-state index is 14.0. The van der Waals surface area contributed by atoms with Crippen LogP contribution in [-0.4, -0.2) is 41.0 Å². The van der Waals surface area contributed by atoms with E-state index in [-0.39, 0.29) is 11.3 Å². The average molecular weight is 320 g/mol. The van der Waals surface area contributed by atoms with Gasteiger partial charge in [-0.05, 0) is 30.9 Å². The predicted octanol–water partition coefficient (Wildman–Crippen LogP) is 3.33. The molecule has 0 aromatic rings. The van der Waals surface area contributed by atoms with Crippen LogP contribution in [0.2, 0.25) is 0 Å². The van der Waals surface area contributed by atoms with Crippen LogP contribution in [0, 0.1) is 5.92 Å². The number of rotatable bonds is 4. The van der Waals surface area contributed by atoms with Crippen LogP contribution in [0.15, 0.2) is 21.6 Å². The molecule has 2 aliphatic rings. The summed E-state index contributed by atoms with van der Waals surface area (Å²) in [6, 6.07) is 0. The van der Waals surface area contributed by atoms with E-state index in [1.807, 2.05) is 6.92 Å². The third-order valence-electron chi connectivity index (χ3n) is 3.70. The second-order valence-corrected chi connectivity index (χ2v) is 5.35.